The summed E-state index contributed by atoms with van der Waals surface area (Å²) in [4.78, 5) is 7.31. The SMILES string of the molecule is CC(N)Cc1c(N2CCSCC2C)nc2ccccn12. The summed E-state index contributed by atoms with van der Waals surface area (Å²) < 4.78 is 2.19. The van der Waals surface area contributed by atoms with Crippen molar-refractivity contribution in [3.63, 3.8) is 0 Å². The summed E-state index contributed by atoms with van der Waals surface area (Å²) in [5.41, 5.74) is 8.31. The Balaban J connectivity index is 2.08. The molecule has 2 atom stereocenters. The van der Waals surface area contributed by atoms with Crippen LogP contribution in [0, 0.1) is 0 Å². The van der Waals surface area contributed by atoms with Crippen LogP contribution in [0.1, 0.15) is 19.5 Å². The standard InChI is InChI=1S/C15H22N4S/c1-11(16)9-13-15(18-7-8-20-10-12(18)2)17-14-5-3-4-6-19(13)14/h3-6,11-12H,7-10,16H2,1-2H3. The molecule has 0 aromatic carbocycles. The van der Waals surface area contributed by atoms with Crippen LogP contribution in [0.4, 0.5) is 5.82 Å². The van der Waals surface area contributed by atoms with E-state index in [2.05, 4.69) is 41.5 Å². The number of fused-ring (bicyclic) bond motifs is 1. The lowest BCUT2D eigenvalue weighted by molar-refractivity contribution is 0.671. The van der Waals surface area contributed by atoms with Gasteiger partial charge >= 0.3 is 0 Å². The van der Waals surface area contributed by atoms with E-state index < -0.39 is 0 Å². The monoisotopic (exact) mass is 290 g/mol. The van der Waals surface area contributed by atoms with Gasteiger partial charge in [0.15, 0.2) is 5.82 Å². The second-order valence-electron chi connectivity index (χ2n) is 5.61. The largest absolute Gasteiger partial charge is 0.351 e. The Labute approximate surface area is 124 Å². The number of anilines is 1. The zero-order valence-electron chi connectivity index (χ0n) is 12.1. The number of hydrogen-bond acceptors (Lipinski definition) is 4. The molecule has 0 radical (unpaired) electrons. The second-order valence-corrected chi connectivity index (χ2v) is 6.76. The third-order valence-corrected chi connectivity index (χ3v) is 4.95. The molecule has 4 nitrogen and oxygen atoms in total. The summed E-state index contributed by atoms with van der Waals surface area (Å²) in [6.07, 6.45) is 2.95. The average molecular weight is 290 g/mol. The number of nitrogens with two attached hydrogens (primary N) is 1. The minimum absolute atomic E-state index is 0.142. The molecule has 2 unspecified atom stereocenters. The van der Waals surface area contributed by atoms with Gasteiger partial charge < -0.3 is 15.0 Å². The van der Waals surface area contributed by atoms with Crippen molar-refractivity contribution in [1.29, 1.82) is 0 Å². The highest BCUT2D eigenvalue weighted by molar-refractivity contribution is 7.99. The van der Waals surface area contributed by atoms with Gasteiger partial charge in [0.25, 0.3) is 0 Å². The summed E-state index contributed by atoms with van der Waals surface area (Å²) in [5, 5.41) is 0. The van der Waals surface area contributed by atoms with Crippen LogP contribution >= 0.6 is 11.8 Å². The molecule has 1 saturated heterocycles. The van der Waals surface area contributed by atoms with E-state index >= 15 is 0 Å². The summed E-state index contributed by atoms with van der Waals surface area (Å²) in [7, 11) is 0. The van der Waals surface area contributed by atoms with Crippen LogP contribution in [0.3, 0.4) is 0 Å². The van der Waals surface area contributed by atoms with Crippen LogP contribution in [0.25, 0.3) is 5.65 Å². The van der Waals surface area contributed by atoms with Crippen molar-refractivity contribution in [2.75, 3.05) is 23.0 Å². The first-order valence-electron chi connectivity index (χ1n) is 7.22. The van der Waals surface area contributed by atoms with E-state index in [0.29, 0.717) is 6.04 Å². The first-order chi connectivity index (χ1) is 9.66. The molecule has 2 aromatic rings. The summed E-state index contributed by atoms with van der Waals surface area (Å²) in [6.45, 7) is 5.41. The van der Waals surface area contributed by atoms with E-state index in [9.17, 15) is 0 Å². The molecule has 3 rings (SSSR count). The summed E-state index contributed by atoms with van der Waals surface area (Å²) >= 11 is 2.03. The lowest BCUT2D eigenvalue weighted by atomic mass is 10.1. The smallest absolute Gasteiger partial charge is 0.151 e. The normalized spacial score (nSPS) is 21.4. The van der Waals surface area contributed by atoms with Gasteiger partial charge in [0.2, 0.25) is 0 Å². The maximum atomic E-state index is 6.04. The Morgan fingerprint density at radius 3 is 3.10 bits per heavy atom. The fourth-order valence-electron chi connectivity index (χ4n) is 2.80. The fourth-order valence-corrected chi connectivity index (χ4v) is 3.81. The lowest BCUT2D eigenvalue weighted by Crippen LogP contribution is -2.41. The lowest BCUT2D eigenvalue weighted by Gasteiger charge is -2.34. The molecule has 1 aliphatic heterocycles. The summed E-state index contributed by atoms with van der Waals surface area (Å²) in [6, 6.07) is 6.83. The van der Waals surface area contributed by atoms with E-state index in [1.54, 1.807) is 0 Å². The zero-order valence-corrected chi connectivity index (χ0v) is 12.9. The van der Waals surface area contributed by atoms with E-state index in [1.807, 2.05) is 17.8 Å². The Morgan fingerprint density at radius 2 is 2.35 bits per heavy atom. The number of pyridine rings is 1. The highest BCUT2D eigenvalue weighted by Gasteiger charge is 2.25. The van der Waals surface area contributed by atoms with Crippen molar-refractivity contribution in [1.82, 2.24) is 9.38 Å². The van der Waals surface area contributed by atoms with Gasteiger partial charge in [0, 0.05) is 42.8 Å². The number of aromatic nitrogens is 2. The molecule has 1 fully saturated rings. The van der Waals surface area contributed by atoms with Crippen LogP contribution in [-0.4, -0.2) is 39.5 Å². The maximum absolute atomic E-state index is 6.04. The average Bonchev–Trinajstić information content (AvgIpc) is 2.78. The van der Waals surface area contributed by atoms with Crippen LogP contribution in [-0.2, 0) is 6.42 Å². The van der Waals surface area contributed by atoms with Gasteiger partial charge in [-0.1, -0.05) is 6.07 Å². The van der Waals surface area contributed by atoms with E-state index in [0.717, 1.165) is 24.4 Å². The predicted octanol–water partition coefficient (Wildman–Crippen LogP) is 2.17. The molecule has 20 heavy (non-hydrogen) atoms. The molecule has 0 aliphatic carbocycles. The predicted molar refractivity (Wildman–Crippen MR) is 86.7 cm³/mol. The van der Waals surface area contributed by atoms with Crippen molar-refractivity contribution in [3.05, 3.63) is 30.1 Å². The van der Waals surface area contributed by atoms with Crippen molar-refractivity contribution in [2.24, 2.45) is 5.73 Å². The molecule has 0 saturated carbocycles. The third-order valence-electron chi connectivity index (χ3n) is 3.76. The molecule has 1 aliphatic rings. The Kier molecular flexibility index (Phi) is 3.89. The zero-order chi connectivity index (χ0) is 14.1. The molecular weight excluding hydrogens is 268 g/mol. The van der Waals surface area contributed by atoms with Gasteiger partial charge in [0.05, 0.1) is 5.69 Å². The Morgan fingerprint density at radius 1 is 1.50 bits per heavy atom. The van der Waals surface area contributed by atoms with Crippen LogP contribution in [0.5, 0.6) is 0 Å². The quantitative estimate of drug-likeness (QED) is 0.941. The van der Waals surface area contributed by atoms with Gasteiger partial charge in [-0.05, 0) is 26.0 Å². The number of hydrogen-bond donors (Lipinski definition) is 1. The minimum atomic E-state index is 0.142. The second kappa shape index (κ2) is 5.66. The fraction of sp³-hybridized carbons (Fsp3) is 0.533. The van der Waals surface area contributed by atoms with E-state index in [4.69, 9.17) is 10.7 Å². The van der Waals surface area contributed by atoms with Gasteiger partial charge in [-0.2, -0.15) is 11.8 Å². The van der Waals surface area contributed by atoms with Crippen molar-refractivity contribution in [3.8, 4) is 0 Å². The Bertz CT molecular complexity index is 593. The van der Waals surface area contributed by atoms with Crippen molar-refractivity contribution >= 4 is 23.2 Å². The van der Waals surface area contributed by atoms with Crippen molar-refractivity contribution in [2.45, 2.75) is 32.4 Å². The number of thioether (sulfide) groups is 1. The molecule has 0 bridgehead atoms. The number of rotatable bonds is 3. The highest BCUT2D eigenvalue weighted by Crippen LogP contribution is 2.28. The molecule has 3 heterocycles. The topological polar surface area (TPSA) is 46.6 Å². The molecule has 2 N–H and O–H groups in total. The molecule has 108 valence electrons. The number of imidazole rings is 1. The van der Waals surface area contributed by atoms with Crippen LogP contribution < -0.4 is 10.6 Å². The van der Waals surface area contributed by atoms with Crippen LogP contribution in [0.15, 0.2) is 24.4 Å². The minimum Gasteiger partial charge on any atom is -0.351 e. The van der Waals surface area contributed by atoms with E-state index in [-0.39, 0.29) is 6.04 Å². The first-order valence-corrected chi connectivity index (χ1v) is 8.38. The molecule has 0 spiro atoms. The van der Waals surface area contributed by atoms with E-state index in [1.165, 1.54) is 17.2 Å². The van der Waals surface area contributed by atoms with Crippen molar-refractivity contribution < 1.29 is 0 Å². The highest BCUT2D eigenvalue weighted by atomic mass is 32.2. The number of nitrogens with zero attached hydrogens (tertiary/aromatic N) is 3. The Hall–Kier alpha value is -1.20. The third kappa shape index (κ3) is 2.52. The molecule has 2 aromatic heterocycles. The van der Waals surface area contributed by atoms with Crippen LogP contribution in [0.2, 0.25) is 0 Å². The molecular formula is C15H22N4S. The molecule has 5 heteroatoms. The summed E-state index contributed by atoms with van der Waals surface area (Å²) in [5.74, 6) is 3.47. The maximum Gasteiger partial charge on any atom is 0.151 e. The van der Waals surface area contributed by atoms with Gasteiger partial charge in [-0.25, -0.2) is 4.98 Å². The van der Waals surface area contributed by atoms with Gasteiger partial charge in [-0.3, -0.25) is 0 Å². The van der Waals surface area contributed by atoms with Gasteiger partial charge in [0.1, 0.15) is 5.65 Å². The first kappa shape index (κ1) is 13.8. The van der Waals surface area contributed by atoms with Gasteiger partial charge in [-0.15, -0.1) is 0 Å². The molecule has 0 amide bonds.